The first-order valence-electron chi connectivity index (χ1n) is 12.2. The number of carbonyl (C=O) groups is 2. The first kappa shape index (κ1) is 24.5. The lowest BCUT2D eigenvalue weighted by Gasteiger charge is -2.42. The molecule has 2 amide bonds. The Morgan fingerprint density at radius 3 is 2.69 bits per heavy atom. The molecule has 0 aliphatic carbocycles. The summed E-state index contributed by atoms with van der Waals surface area (Å²) in [6, 6.07) is 15.7. The number of piperazine rings is 1. The minimum Gasteiger partial charge on any atom is -0.497 e. The first-order valence-corrected chi connectivity index (χ1v) is 13.1. The molecule has 0 unspecified atom stereocenters. The Hall–Kier alpha value is -3.23. The first-order chi connectivity index (χ1) is 17.4. The Bertz CT molecular complexity index is 1260. The van der Waals surface area contributed by atoms with Crippen molar-refractivity contribution in [2.45, 2.75) is 25.4 Å². The lowest BCUT2D eigenvalue weighted by Crippen LogP contribution is -2.57. The molecule has 0 radical (unpaired) electrons. The SMILES string of the molecule is COc1cccc(C(=O)N2CCN(C(=O)CN3CCc4sccc4[C@@H]3c3cccc(F)c3)C[C@H]2C)c1. The summed E-state index contributed by atoms with van der Waals surface area (Å²) < 4.78 is 19.3. The highest BCUT2D eigenvalue weighted by atomic mass is 32.1. The van der Waals surface area contributed by atoms with Gasteiger partial charge in [0.2, 0.25) is 5.91 Å². The van der Waals surface area contributed by atoms with Crippen LogP contribution in [0.3, 0.4) is 0 Å². The average Bonchev–Trinajstić information content (AvgIpc) is 3.37. The molecule has 0 spiro atoms. The lowest BCUT2D eigenvalue weighted by atomic mass is 9.93. The quantitative estimate of drug-likeness (QED) is 0.519. The molecule has 2 atom stereocenters. The number of benzene rings is 2. The zero-order valence-corrected chi connectivity index (χ0v) is 21.3. The molecule has 0 saturated carbocycles. The van der Waals surface area contributed by atoms with Crippen LogP contribution in [0.25, 0.3) is 0 Å². The molecule has 2 aliphatic rings. The van der Waals surface area contributed by atoms with Crippen molar-refractivity contribution in [3.05, 3.63) is 87.4 Å². The fraction of sp³-hybridized carbons (Fsp3) is 0.357. The van der Waals surface area contributed by atoms with Crippen LogP contribution >= 0.6 is 11.3 Å². The monoisotopic (exact) mass is 507 g/mol. The molecule has 0 bridgehead atoms. The number of nitrogens with zero attached hydrogens (tertiary/aromatic N) is 3. The number of fused-ring (bicyclic) bond motifs is 1. The van der Waals surface area contributed by atoms with Crippen LogP contribution in [0.5, 0.6) is 5.75 Å². The van der Waals surface area contributed by atoms with Crippen LogP contribution in [0.4, 0.5) is 4.39 Å². The van der Waals surface area contributed by atoms with Gasteiger partial charge in [0.1, 0.15) is 11.6 Å². The third-order valence-corrected chi connectivity index (χ3v) is 8.12. The van der Waals surface area contributed by atoms with Crippen LogP contribution in [0.15, 0.2) is 60.0 Å². The van der Waals surface area contributed by atoms with Crippen molar-refractivity contribution < 1.29 is 18.7 Å². The Labute approximate surface area is 214 Å². The molecule has 2 aromatic carbocycles. The van der Waals surface area contributed by atoms with E-state index >= 15 is 0 Å². The van der Waals surface area contributed by atoms with Gasteiger partial charge in [0.25, 0.3) is 5.91 Å². The second-order valence-electron chi connectivity index (χ2n) is 9.40. The molecule has 2 aliphatic heterocycles. The van der Waals surface area contributed by atoms with Crippen LogP contribution in [-0.4, -0.2) is 72.4 Å². The zero-order chi connectivity index (χ0) is 25.2. The predicted octanol–water partition coefficient (Wildman–Crippen LogP) is 4.22. The molecule has 5 rings (SSSR count). The van der Waals surface area contributed by atoms with Crippen molar-refractivity contribution >= 4 is 23.2 Å². The summed E-state index contributed by atoms with van der Waals surface area (Å²) in [6.45, 7) is 4.42. The van der Waals surface area contributed by atoms with Crippen molar-refractivity contribution in [3.8, 4) is 5.75 Å². The second-order valence-corrected chi connectivity index (χ2v) is 10.4. The minimum absolute atomic E-state index is 0.0374. The van der Waals surface area contributed by atoms with Crippen molar-refractivity contribution in [2.75, 3.05) is 39.8 Å². The number of halogens is 1. The Morgan fingerprint density at radius 2 is 1.92 bits per heavy atom. The van der Waals surface area contributed by atoms with Crippen LogP contribution in [0.2, 0.25) is 0 Å². The zero-order valence-electron chi connectivity index (χ0n) is 20.5. The predicted molar refractivity (Wildman–Crippen MR) is 138 cm³/mol. The molecule has 1 aromatic heterocycles. The van der Waals surface area contributed by atoms with Gasteiger partial charge in [0.15, 0.2) is 0 Å². The molecule has 0 N–H and O–H groups in total. The maximum Gasteiger partial charge on any atom is 0.254 e. The fourth-order valence-electron chi connectivity index (χ4n) is 5.29. The summed E-state index contributed by atoms with van der Waals surface area (Å²) in [5.74, 6) is 0.355. The fourth-order valence-corrected chi connectivity index (χ4v) is 6.19. The highest BCUT2D eigenvalue weighted by Crippen LogP contribution is 2.37. The number of rotatable bonds is 5. The van der Waals surface area contributed by atoms with E-state index in [9.17, 15) is 14.0 Å². The summed E-state index contributed by atoms with van der Waals surface area (Å²) in [5, 5.41) is 2.07. The molecule has 1 fully saturated rings. The van der Waals surface area contributed by atoms with E-state index in [0.717, 1.165) is 24.1 Å². The topological polar surface area (TPSA) is 53.1 Å². The number of amides is 2. The van der Waals surface area contributed by atoms with Gasteiger partial charge in [-0.25, -0.2) is 4.39 Å². The van der Waals surface area contributed by atoms with Gasteiger partial charge >= 0.3 is 0 Å². The average molecular weight is 508 g/mol. The Balaban J connectivity index is 1.28. The normalized spacial score (nSPS) is 20.2. The number of thiophene rings is 1. The van der Waals surface area contributed by atoms with Crippen molar-refractivity contribution in [1.29, 1.82) is 0 Å². The number of hydrogen-bond acceptors (Lipinski definition) is 5. The van der Waals surface area contributed by atoms with Gasteiger partial charge in [-0.15, -0.1) is 11.3 Å². The van der Waals surface area contributed by atoms with E-state index in [-0.39, 0.29) is 36.3 Å². The van der Waals surface area contributed by atoms with Gasteiger partial charge in [0, 0.05) is 42.7 Å². The van der Waals surface area contributed by atoms with Gasteiger partial charge in [-0.05, 0) is 66.2 Å². The van der Waals surface area contributed by atoms with E-state index < -0.39 is 0 Å². The van der Waals surface area contributed by atoms with E-state index in [4.69, 9.17) is 4.74 Å². The standard InChI is InChI=1S/C28H30FN3O3S/c1-19-17-30(12-13-32(19)28(34)21-6-4-8-23(16-21)35-2)26(33)18-31-11-9-25-24(10-14-36-25)27(31)20-5-3-7-22(29)15-20/h3-8,10,14-16,19,27H,9,11-13,17-18H2,1-2H3/t19-,27+/m1/s1. The molecule has 36 heavy (non-hydrogen) atoms. The second kappa shape index (κ2) is 10.4. The third-order valence-electron chi connectivity index (χ3n) is 7.13. The van der Waals surface area contributed by atoms with Gasteiger partial charge in [-0.3, -0.25) is 14.5 Å². The third kappa shape index (κ3) is 4.88. The molecular formula is C28H30FN3O3S. The number of ether oxygens (including phenoxy) is 1. The van der Waals surface area contributed by atoms with Gasteiger partial charge < -0.3 is 14.5 Å². The summed E-state index contributed by atoms with van der Waals surface area (Å²) in [7, 11) is 1.58. The van der Waals surface area contributed by atoms with Crippen LogP contribution in [0.1, 0.15) is 39.3 Å². The smallest absolute Gasteiger partial charge is 0.254 e. The van der Waals surface area contributed by atoms with E-state index in [1.807, 2.05) is 34.9 Å². The maximum atomic E-state index is 14.1. The number of methoxy groups -OCH3 is 1. The maximum absolute atomic E-state index is 14.1. The molecule has 3 heterocycles. The molecule has 8 heteroatoms. The lowest BCUT2D eigenvalue weighted by molar-refractivity contribution is -0.135. The van der Waals surface area contributed by atoms with Crippen molar-refractivity contribution in [2.24, 2.45) is 0 Å². The summed E-state index contributed by atoms with van der Waals surface area (Å²) in [5.41, 5.74) is 2.61. The van der Waals surface area contributed by atoms with Gasteiger partial charge in [0.05, 0.1) is 19.7 Å². The molecule has 188 valence electrons. The Kier molecular flexibility index (Phi) is 7.07. The van der Waals surface area contributed by atoms with Crippen molar-refractivity contribution in [1.82, 2.24) is 14.7 Å². The van der Waals surface area contributed by atoms with E-state index in [1.54, 1.807) is 42.7 Å². The summed E-state index contributed by atoms with van der Waals surface area (Å²) >= 11 is 1.72. The van der Waals surface area contributed by atoms with Gasteiger partial charge in [-0.2, -0.15) is 0 Å². The van der Waals surface area contributed by atoms with Crippen LogP contribution in [0, 0.1) is 5.82 Å². The van der Waals surface area contributed by atoms with E-state index in [1.165, 1.54) is 10.9 Å². The number of hydrogen-bond donors (Lipinski definition) is 0. The molecular weight excluding hydrogens is 477 g/mol. The van der Waals surface area contributed by atoms with E-state index in [0.29, 0.717) is 30.9 Å². The highest BCUT2D eigenvalue weighted by molar-refractivity contribution is 7.10. The van der Waals surface area contributed by atoms with Crippen LogP contribution < -0.4 is 4.74 Å². The molecule has 3 aromatic rings. The largest absolute Gasteiger partial charge is 0.497 e. The highest BCUT2D eigenvalue weighted by Gasteiger charge is 2.34. The Morgan fingerprint density at radius 1 is 1.08 bits per heavy atom. The van der Waals surface area contributed by atoms with Gasteiger partial charge in [-0.1, -0.05) is 18.2 Å². The molecule has 6 nitrogen and oxygen atoms in total. The summed E-state index contributed by atoms with van der Waals surface area (Å²) in [6.07, 6.45) is 0.880. The summed E-state index contributed by atoms with van der Waals surface area (Å²) in [4.78, 5) is 33.7. The minimum atomic E-state index is -0.272. The number of carbonyl (C=O) groups excluding carboxylic acids is 2. The van der Waals surface area contributed by atoms with Crippen molar-refractivity contribution in [3.63, 3.8) is 0 Å². The van der Waals surface area contributed by atoms with Crippen LogP contribution in [-0.2, 0) is 11.2 Å². The molecule has 1 saturated heterocycles. The van der Waals surface area contributed by atoms with E-state index in [2.05, 4.69) is 16.3 Å².